The molecule has 1 unspecified atom stereocenters. The molecule has 0 aliphatic carbocycles. The molecule has 7 heterocycles. The number of imide groups is 2. The summed E-state index contributed by atoms with van der Waals surface area (Å²) in [5.74, 6) is 0.704. The summed E-state index contributed by atoms with van der Waals surface area (Å²) in [6.45, 7) is 7.75. The van der Waals surface area contributed by atoms with Crippen molar-refractivity contribution in [2.24, 2.45) is 17.6 Å². The second kappa shape index (κ2) is 15.0. The molecule has 15 nitrogen and oxygen atoms in total. The minimum absolute atomic E-state index is 0.0967. The number of carbonyl (C=O) groups is 5. The van der Waals surface area contributed by atoms with Gasteiger partial charge in [0.1, 0.15) is 34.6 Å². The van der Waals surface area contributed by atoms with Gasteiger partial charge in [-0.05, 0) is 99.3 Å². The average molecular weight is 798 g/mol. The zero-order chi connectivity index (χ0) is 40.4. The summed E-state index contributed by atoms with van der Waals surface area (Å²) in [7, 11) is 0. The first-order chi connectivity index (χ1) is 28.7. The minimum Gasteiger partial charge on any atom is -0.457 e. The zero-order valence-electron chi connectivity index (χ0n) is 32.7. The Morgan fingerprint density at radius 1 is 0.831 bits per heavy atom. The molecule has 0 radical (unpaired) electrons. The molecule has 3 aromatic carbocycles. The molecule has 15 heteroatoms. The van der Waals surface area contributed by atoms with Gasteiger partial charge in [0, 0.05) is 68.9 Å². The van der Waals surface area contributed by atoms with E-state index in [4.69, 9.17) is 15.6 Å². The number of hydrogen-bond acceptors (Lipinski definition) is 11. The molecule has 10 rings (SSSR count). The third-order valence-corrected chi connectivity index (χ3v) is 13.1. The first kappa shape index (κ1) is 37.2. The van der Waals surface area contributed by atoms with Crippen molar-refractivity contribution in [3.63, 3.8) is 0 Å². The van der Waals surface area contributed by atoms with E-state index in [0.29, 0.717) is 46.0 Å². The molecule has 1 aromatic heterocycles. The molecule has 4 N–H and O–H groups in total. The van der Waals surface area contributed by atoms with Crippen LogP contribution >= 0.6 is 0 Å². The van der Waals surface area contributed by atoms with E-state index in [9.17, 15) is 24.0 Å². The van der Waals surface area contributed by atoms with E-state index in [0.717, 1.165) is 99.3 Å². The van der Waals surface area contributed by atoms with Crippen LogP contribution in [0.1, 0.15) is 69.2 Å². The fourth-order valence-corrected chi connectivity index (χ4v) is 9.99. The van der Waals surface area contributed by atoms with Crippen LogP contribution in [-0.2, 0) is 9.59 Å². The molecule has 304 valence electrons. The molecule has 2 atom stereocenters. The number of benzene rings is 3. The molecule has 4 saturated heterocycles. The molecule has 0 saturated carbocycles. The molecule has 5 amide bonds. The molecule has 4 fully saturated rings. The van der Waals surface area contributed by atoms with Gasteiger partial charge in [-0.1, -0.05) is 18.2 Å². The largest absolute Gasteiger partial charge is 0.457 e. The topological polar surface area (TPSA) is 175 Å². The summed E-state index contributed by atoms with van der Waals surface area (Å²) in [4.78, 5) is 71.7. The van der Waals surface area contributed by atoms with Crippen LogP contribution in [0.2, 0.25) is 0 Å². The number of amides is 5. The van der Waals surface area contributed by atoms with E-state index in [-0.39, 0.29) is 24.8 Å². The Balaban J connectivity index is 0.708. The Morgan fingerprint density at radius 3 is 2.29 bits per heavy atom. The molecule has 59 heavy (non-hydrogen) atoms. The van der Waals surface area contributed by atoms with Crippen molar-refractivity contribution in [1.29, 1.82) is 0 Å². The summed E-state index contributed by atoms with van der Waals surface area (Å²) in [5, 5.41) is 10.7. The maximum absolute atomic E-state index is 13.3. The number of fused-ring (bicyclic) bond motifs is 2. The van der Waals surface area contributed by atoms with Crippen LogP contribution < -0.4 is 26.0 Å². The van der Waals surface area contributed by atoms with Crippen LogP contribution in [0.4, 0.5) is 11.5 Å². The highest BCUT2D eigenvalue weighted by molar-refractivity contribution is 6.23. The van der Waals surface area contributed by atoms with Gasteiger partial charge in [0.25, 0.3) is 17.7 Å². The fraction of sp³-hybridized carbons (Fsp3) is 0.409. The van der Waals surface area contributed by atoms with Crippen molar-refractivity contribution in [2.45, 2.75) is 50.2 Å². The monoisotopic (exact) mass is 797 g/mol. The lowest BCUT2D eigenvalue weighted by atomic mass is 9.85. The molecular weight excluding hydrogens is 751 g/mol. The van der Waals surface area contributed by atoms with Gasteiger partial charge >= 0.3 is 0 Å². The molecule has 4 aromatic rings. The third kappa shape index (κ3) is 6.81. The van der Waals surface area contributed by atoms with Crippen LogP contribution in [0.25, 0.3) is 11.3 Å². The van der Waals surface area contributed by atoms with Crippen molar-refractivity contribution in [1.82, 2.24) is 29.8 Å². The van der Waals surface area contributed by atoms with Gasteiger partial charge < -0.3 is 20.7 Å². The first-order valence-electron chi connectivity index (χ1n) is 20.7. The highest BCUT2D eigenvalue weighted by atomic mass is 16.5. The number of nitrogens with two attached hydrogens (primary N) is 1. The van der Waals surface area contributed by atoms with E-state index in [1.165, 1.54) is 0 Å². The maximum Gasteiger partial charge on any atom is 0.262 e. The van der Waals surface area contributed by atoms with Crippen molar-refractivity contribution in [3.05, 3.63) is 89.5 Å². The van der Waals surface area contributed by atoms with Crippen molar-refractivity contribution in [3.8, 4) is 22.8 Å². The molecule has 0 bridgehead atoms. The normalized spacial score (nSPS) is 23.0. The van der Waals surface area contributed by atoms with Crippen LogP contribution in [0, 0.1) is 11.8 Å². The van der Waals surface area contributed by atoms with Crippen LogP contribution in [0.5, 0.6) is 11.5 Å². The highest BCUT2D eigenvalue weighted by Gasteiger charge is 2.45. The van der Waals surface area contributed by atoms with Crippen molar-refractivity contribution < 1.29 is 28.7 Å². The lowest BCUT2D eigenvalue weighted by molar-refractivity contribution is -0.136. The van der Waals surface area contributed by atoms with Gasteiger partial charge in [0.05, 0.1) is 17.2 Å². The Labute approximate surface area is 341 Å². The van der Waals surface area contributed by atoms with E-state index in [1.807, 2.05) is 65.3 Å². The summed E-state index contributed by atoms with van der Waals surface area (Å²) in [6, 6.07) is 22.4. The standard InChI is InChI=1S/C44H47N9O6/c45-40(55)38-39(28-6-9-32(10-7-28)59-31-4-2-1-3-5-31)48-53-35(14-17-46-41(38)53)27-15-18-50(19-16-27)30-24-49(25-30)21-26-22-51(23-26)29-8-11-33-34(20-29)44(58)52(43(33)57)36-12-13-37(54)47-42(36)56/h1-11,20,26-27,30,35-36,46H,12-19,21-25H2,(H2,45,55)(H,47,54,56)/t35-,36?/m0/s1. The summed E-state index contributed by atoms with van der Waals surface area (Å²) < 4.78 is 8.02. The second-order valence-electron chi connectivity index (χ2n) is 16.8. The SMILES string of the molecule is NC(=O)c1c(-c2ccc(Oc3ccccc3)cc2)nn2c1NCC[C@H]2C1CCN(C2CN(CC3CN(c4ccc5c(c4)C(=O)N(C4CCC(=O)NC4=O)C5=O)C3)C2)CC1. The van der Waals surface area contributed by atoms with Crippen LogP contribution in [0.3, 0.4) is 0 Å². The number of aromatic nitrogens is 2. The quantitative estimate of drug-likeness (QED) is 0.200. The fourth-order valence-electron chi connectivity index (χ4n) is 9.99. The molecular formula is C44H47N9O6. The summed E-state index contributed by atoms with van der Waals surface area (Å²) >= 11 is 0. The molecule has 6 aliphatic heterocycles. The first-order valence-corrected chi connectivity index (χ1v) is 20.7. The number of hydrogen-bond donors (Lipinski definition) is 3. The Morgan fingerprint density at radius 2 is 1.56 bits per heavy atom. The second-order valence-corrected chi connectivity index (χ2v) is 16.8. The number of rotatable bonds is 10. The number of carbonyl (C=O) groups excluding carboxylic acids is 5. The predicted octanol–water partition coefficient (Wildman–Crippen LogP) is 3.73. The zero-order valence-corrected chi connectivity index (χ0v) is 32.7. The smallest absolute Gasteiger partial charge is 0.262 e. The van der Waals surface area contributed by atoms with Crippen molar-refractivity contribution >= 4 is 41.0 Å². The lowest BCUT2D eigenvalue weighted by Crippen LogP contribution is -2.63. The maximum atomic E-state index is 13.3. The lowest BCUT2D eigenvalue weighted by Gasteiger charge is -2.51. The van der Waals surface area contributed by atoms with E-state index >= 15 is 0 Å². The number of ether oxygens (including phenoxy) is 1. The minimum atomic E-state index is -0.965. The van der Waals surface area contributed by atoms with E-state index in [2.05, 4.69) is 25.3 Å². The van der Waals surface area contributed by atoms with Gasteiger partial charge in [-0.25, -0.2) is 4.68 Å². The van der Waals surface area contributed by atoms with Gasteiger partial charge in [-0.3, -0.25) is 44.0 Å². The van der Waals surface area contributed by atoms with Crippen molar-refractivity contribution in [2.75, 3.05) is 62.6 Å². The third-order valence-electron chi connectivity index (χ3n) is 13.1. The van der Waals surface area contributed by atoms with Crippen LogP contribution in [0.15, 0.2) is 72.8 Å². The number of primary amides is 1. The van der Waals surface area contributed by atoms with E-state index in [1.54, 1.807) is 12.1 Å². The predicted molar refractivity (Wildman–Crippen MR) is 218 cm³/mol. The summed E-state index contributed by atoms with van der Waals surface area (Å²) in [5.41, 5.74) is 9.35. The average Bonchev–Trinajstić information content (AvgIpc) is 3.72. The number of nitrogens with zero attached hydrogens (tertiary/aromatic N) is 6. The number of anilines is 2. The molecule has 6 aliphatic rings. The Kier molecular flexibility index (Phi) is 9.43. The van der Waals surface area contributed by atoms with E-state index < -0.39 is 29.7 Å². The van der Waals surface area contributed by atoms with Gasteiger partial charge in [0.2, 0.25) is 11.8 Å². The number of piperidine rings is 2. The molecule has 0 spiro atoms. The highest BCUT2D eigenvalue weighted by Crippen LogP contribution is 2.41. The number of likely N-dealkylation sites (tertiary alicyclic amines) is 2. The van der Waals surface area contributed by atoms with Gasteiger partial charge in [-0.15, -0.1) is 0 Å². The van der Waals surface area contributed by atoms with Crippen LogP contribution in [-0.4, -0.2) is 118 Å². The summed E-state index contributed by atoms with van der Waals surface area (Å²) in [6.07, 6.45) is 3.33. The Bertz CT molecular complexity index is 2330. The number of para-hydroxylation sites is 1. The van der Waals surface area contributed by atoms with Gasteiger partial charge in [0.15, 0.2) is 0 Å². The number of nitrogens with one attached hydrogen (secondary N) is 2. The van der Waals surface area contributed by atoms with Gasteiger partial charge in [-0.2, -0.15) is 5.10 Å². The Hall–Kier alpha value is -6.06.